The molecule has 2 unspecified atom stereocenters. The quantitative estimate of drug-likeness (QED) is 0.183. The van der Waals surface area contributed by atoms with Crippen LogP contribution >= 0.6 is 0 Å². The summed E-state index contributed by atoms with van der Waals surface area (Å²) in [5.41, 5.74) is 2.14. The third-order valence-electron chi connectivity index (χ3n) is 7.71. The van der Waals surface area contributed by atoms with Crippen molar-refractivity contribution in [3.05, 3.63) is 71.8 Å². The van der Waals surface area contributed by atoms with E-state index in [0.29, 0.717) is 49.4 Å². The van der Waals surface area contributed by atoms with E-state index >= 15 is 0 Å². The van der Waals surface area contributed by atoms with Gasteiger partial charge in [-0.05, 0) is 43.7 Å². The first kappa shape index (κ1) is 30.7. The zero-order chi connectivity index (χ0) is 27.7. The van der Waals surface area contributed by atoms with Gasteiger partial charge in [-0.1, -0.05) is 80.4 Å². The second-order valence-electron chi connectivity index (χ2n) is 10.8. The van der Waals surface area contributed by atoms with Gasteiger partial charge in [-0.3, -0.25) is 14.4 Å². The molecule has 0 saturated carbocycles. The molecule has 0 radical (unpaired) electrons. The predicted octanol–water partition coefficient (Wildman–Crippen LogP) is 5.53. The summed E-state index contributed by atoms with van der Waals surface area (Å²) in [5, 5.41) is 6.78. The SMILES string of the molecule is CCC(=O)CCCCCC(CNCCN1CCC(c2ccccc2)C1)NC(=O)CCCC(=O)c1ccccc1. The van der Waals surface area contributed by atoms with E-state index in [-0.39, 0.29) is 17.7 Å². The lowest BCUT2D eigenvalue weighted by Crippen LogP contribution is -2.43. The van der Waals surface area contributed by atoms with Gasteiger partial charge in [0.05, 0.1) is 0 Å². The third-order valence-corrected chi connectivity index (χ3v) is 7.71. The second kappa shape index (κ2) is 17.7. The van der Waals surface area contributed by atoms with Gasteiger partial charge in [0.2, 0.25) is 5.91 Å². The Hall–Kier alpha value is -2.83. The Labute approximate surface area is 234 Å². The molecule has 0 aliphatic carbocycles. The molecule has 6 nitrogen and oxygen atoms in total. The first-order chi connectivity index (χ1) is 19.0. The number of nitrogens with one attached hydrogen (secondary N) is 2. The molecule has 1 amide bonds. The highest BCUT2D eigenvalue weighted by Crippen LogP contribution is 2.26. The molecule has 1 saturated heterocycles. The smallest absolute Gasteiger partial charge is 0.220 e. The van der Waals surface area contributed by atoms with Crippen molar-refractivity contribution in [3.63, 3.8) is 0 Å². The number of unbranched alkanes of at least 4 members (excludes halogenated alkanes) is 2. The highest BCUT2D eigenvalue weighted by molar-refractivity contribution is 5.96. The van der Waals surface area contributed by atoms with Gasteiger partial charge in [0.25, 0.3) is 0 Å². The summed E-state index contributed by atoms with van der Waals surface area (Å²) < 4.78 is 0. The number of carbonyl (C=O) groups is 3. The number of hydrogen-bond donors (Lipinski definition) is 2. The van der Waals surface area contributed by atoms with Crippen molar-refractivity contribution in [1.29, 1.82) is 0 Å². The van der Waals surface area contributed by atoms with Crippen LogP contribution in [0.25, 0.3) is 0 Å². The lowest BCUT2D eigenvalue weighted by atomic mass is 9.99. The Morgan fingerprint density at radius 2 is 1.64 bits per heavy atom. The third kappa shape index (κ3) is 11.8. The van der Waals surface area contributed by atoms with Crippen molar-refractivity contribution < 1.29 is 14.4 Å². The van der Waals surface area contributed by atoms with Crippen LogP contribution in [0.4, 0.5) is 0 Å². The highest BCUT2D eigenvalue weighted by Gasteiger charge is 2.23. The van der Waals surface area contributed by atoms with Crippen LogP contribution in [-0.2, 0) is 9.59 Å². The predicted molar refractivity (Wildman–Crippen MR) is 158 cm³/mol. The topological polar surface area (TPSA) is 78.5 Å². The number of Topliss-reactive ketones (excluding diaryl/α,β-unsaturated/α-hetero) is 2. The van der Waals surface area contributed by atoms with E-state index in [4.69, 9.17) is 0 Å². The Bertz CT molecular complexity index is 996. The Morgan fingerprint density at radius 3 is 2.38 bits per heavy atom. The molecule has 0 bridgehead atoms. The van der Waals surface area contributed by atoms with Gasteiger partial charge in [0.1, 0.15) is 5.78 Å². The van der Waals surface area contributed by atoms with Crippen molar-refractivity contribution in [3.8, 4) is 0 Å². The van der Waals surface area contributed by atoms with Crippen LogP contribution in [0.1, 0.15) is 93.0 Å². The molecule has 212 valence electrons. The highest BCUT2D eigenvalue weighted by atomic mass is 16.2. The fourth-order valence-electron chi connectivity index (χ4n) is 5.32. The molecule has 2 aromatic rings. The maximum absolute atomic E-state index is 12.7. The molecule has 39 heavy (non-hydrogen) atoms. The van der Waals surface area contributed by atoms with Crippen molar-refractivity contribution >= 4 is 17.5 Å². The molecule has 1 fully saturated rings. The molecule has 0 aromatic heterocycles. The van der Waals surface area contributed by atoms with E-state index < -0.39 is 0 Å². The van der Waals surface area contributed by atoms with E-state index in [1.165, 1.54) is 12.0 Å². The van der Waals surface area contributed by atoms with Crippen LogP contribution in [0, 0.1) is 0 Å². The van der Waals surface area contributed by atoms with Gasteiger partial charge in [-0.15, -0.1) is 0 Å². The minimum atomic E-state index is 0.00840. The number of likely N-dealkylation sites (tertiary alicyclic amines) is 1. The van der Waals surface area contributed by atoms with Gasteiger partial charge >= 0.3 is 0 Å². The fraction of sp³-hybridized carbons (Fsp3) is 0.545. The number of nitrogens with zero attached hydrogens (tertiary/aromatic N) is 1. The van der Waals surface area contributed by atoms with Crippen molar-refractivity contribution in [2.24, 2.45) is 0 Å². The lowest BCUT2D eigenvalue weighted by Gasteiger charge is -2.21. The van der Waals surface area contributed by atoms with Crippen LogP contribution in [0.15, 0.2) is 60.7 Å². The summed E-state index contributed by atoms with van der Waals surface area (Å²) >= 11 is 0. The molecule has 2 aromatic carbocycles. The molecule has 0 spiro atoms. The first-order valence-electron chi connectivity index (χ1n) is 14.9. The van der Waals surface area contributed by atoms with Crippen molar-refractivity contribution in [2.45, 2.75) is 83.1 Å². The number of ketones is 2. The van der Waals surface area contributed by atoms with Gasteiger partial charge in [0.15, 0.2) is 5.78 Å². The van der Waals surface area contributed by atoms with Gasteiger partial charge in [-0.2, -0.15) is 0 Å². The zero-order valence-corrected chi connectivity index (χ0v) is 23.7. The standard InChI is InChI=1S/C33H47N3O3/c1-2-31(37)18-11-5-10-17-30(35-33(39)20-12-19-32(38)28-15-8-4-9-16-28)25-34-22-24-36-23-21-29(26-36)27-13-6-3-7-14-27/h3-4,6-9,13-16,29-30,34H,2,5,10-12,17-26H2,1H3,(H,35,39). The van der Waals surface area contributed by atoms with E-state index in [1.54, 1.807) is 0 Å². The van der Waals surface area contributed by atoms with Crippen LogP contribution in [0.5, 0.6) is 0 Å². The number of amides is 1. The second-order valence-corrected chi connectivity index (χ2v) is 10.8. The van der Waals surface area contributed by atoms with Gasteiger partial charge in [-0.25, -0.2) is 0 Å². The normalized spacial score (nSPS) is 16.2. The van der Waals surface area contributed by atoms with Crippen molar-refractivity contribution in [2.75, 3.05) is 32.7 Å². The van der Waals surface area contributed by atoms with E-state index in [1.807, 2.05) is 37.3 Å². The minimum Gasteiger partial charge on any atom is -0.352 e. The Kier molecular flexibility index (Phi) is 13.9. The van der Waals surface area contributed by atoms with E-state index in [9.17, 15) is 14.4 Å². The van der Waals surface area contributed by atoms with E-state index in [0.717, 1.165) is 58.4 Å². The van der Waals surface area contributed by atoms with Crippen LogP contribution in [0.3, 0.4) is 0 Å². The summed E-state index contributed by atoms with van der Waals surface area (Å²) in [6.45, 7) is 6.77. The van der Waals surface area contributed by atoms with Gasteiger partial charge in [0, 0.05) is 63.5 Å². The molecular weight excluding hydrogens is 486 g/mol. The lowest BCUT2D eigenvalue weighted by molar-refractivity contribution is -0.122. The van der Waals surface area contributed by atoms with Crippen LogP contribution in [-0.4, -0.2) is 61.1 Å². The number of benzene rings is 2. The summed E-state index contributed by atoms with van der Waals surface area (Å²) in [6, 6.07) is 20.1. The summed E-state index contributed by atoms with van der Waals surface area (Å²) in [5.74, 6) is 1.03. The first-order valence-corrected chi connectivity index (χ1v) is 14.9. The van der Waals surface area contributed by atoms with E-state index in [2.05, 4.69) is 45.9 Å². The van der Waals surface area contributed by atoms with Gasteiger partial charge < -0.3 is 15.5 Å². The molecular formula is C33H47N3O3. The maximum atomic E-state index is 12.7. The fourth-order valence-corrected chi connectivity index (χ4v) is 5.32. The number of carbonyl (C=O) groups excluding carboxylic acids is 3. The Morgan fingerprint density at radius 1 is 0.897 bits per heavy atom. The molecule has 1 aliphatic rings. The minimum absolute atomic E-state index is 0.00840. The summed E-state index contributed by atoms with van der Waals surface area (Å²) in [6.07, 6.45) is 7.55. The Balaban J connectivity index is 1.37. The molecule has 2 N–H and O–H groups in total. The molecule has 1 heterocycles. The monoisotopic (exact) mass is 533 g/mol. The molecule has 2 atom stereocenters. The molecule has 1 aliphatic heterocycles. The van der Waals surface area contributed by atoms with Crippen molar-refractivity contribution in [1.82, 2.24) is 15.5 Å². The average molecular weight is 534 g/mol. The number of rotatable bonds is 19. The summed E-state index contributed by atoms with van der Waals surface area (Å²) in [7, 11) is 0. The largest absolute Gasteiger partial charge is 0.352 e. The maximum Gasteiger partial charge on any atom is 0.220 e. The molecule has 6 heteroatoms. The van der Waals surface area contributed by atoms with Crippen LogP contribution < -0.4 is 10.6 Å². The summed E-state index contributed by atoms with van der Waals surface area (Å²) in [4.78, 5) is 39.1. The zero-order valence-electron chi connectivity index (χ0n) is 23.7. The van der Waals surface area contributed by atoms with Crippen LogP contribution in [0.2, 0.25) is 0 Å². The molecule has 3 rings (SSSR count). The average Bonchev–Trinajstić information content (AvgIpc) is 3.44. The number of hydrogen-bond acceptors (Lipinski definition) is 5.